The van der Waals surface area contributed by atoms with E-state index in [2.05, 4.69) is 183 Å². The lowest BCUT2D eigenvalue weighted by molar-refractivity contribution is 1.22. The van der Waals surface area contributed by atoms with Crippen LogP contribution in [0.5, 0.6) is 0 Å². The van der Waals surface area contributed by atoms with Gasteiger partial charge in [-0.15, -0.1) is 0 Å². The van der Waals surface area contributed by atoms with Gasteiger partial charge in [0, 0.05) is 11.4 Å². The Morgan fingerprint density at radius 2 is 0.667 bits per heavy atom. The molecule has 1 heteroatoms. The molecule has 0 aliphatic rings. The van der Waals surface area contributed by atoms with Gasteiger partial charge in [-0.2, -0.15) is 0 Å². The quantitative estimate of drug-likeness (QED) is 0.140. The molecule has 0 amide bonds. The van der Waals surface area contributed by atoms with E-state index in [1.165, 1.54) is 27.9 Å². The minimum atomic E-state index is 1.13. The number of anilines is 3. The summed E-state index contributed by atoms with van der Waals surface area (Å²) in [6.45, 7) is 4.36. The number of allylic oxidation sites excluding steroid dienone is 8. The summed E-state index contributed by atoms with van der Waals surface area (Å²) >= 11 is 0. The second kappa shape index (κ2) is 16.3. The summed E-state index contributed by atoms with van der Waals surface area (Å²) in [6, 6.07) is 44.6. The van der Waals surface area contributed by atoms with Crippen molar-refractivity contribution in [3.8, 4) is 0 Å². The fraction of sp³-hybridized carbons (Fsp3) is 0.0455. The van der Waals surface area contributed by atoms with Crippen LogP contribution in [0.2, 0.25) is 0 Å². The third-order valence-corrected chi connectivity index (χ3v) is 7.39. The molecule has 0 atom stereocenters. The van der Waals surface area contributed by atoms with Gasteiger partial charge in [-0.3, -0.25) is 0 Å². The molecule has 220 valence electrons. The fourth-order valence-electron chi connectivity index (χ4n) is 5.09. The number of nitrogens with zero attached hydrogens (tertiary/aromatic N) is 1. The van der Waals surface area contributed by atoms with E-state index in [1.54, 1.807) is 0 Å². The number of benzene rings is 5. The maximum Gasteiger partial charge on any atom is 0.0519 e. The van der Waals surface area contributed by atoms with Gasteiger partial charge in [0.15, 0.2) is 0 Å². The van der Waals surface area contributed by atoms with Gasteiger partial charge < -0.3 is 4.90 Å². The molecular formula is C44H39N. The van der Waals surface area contributed by atoms with Crippen molar-refractivity contribution in [3.63, 3.8) is 0 Å². The van der Waals surface area contributed by atoms with E-state index >= 15 is 0 Å². The summed E-state index contributed by atoms with van der Waals surface area (Å²) in [6.07, 6.45) is 25.0. The Kier molecular flexibility index (Phi) is 11.1. The summed E-state index contributed by atoms with van der Waals surface area (Å²) < 4.78 is 0. The van der Waals surface area contributed by atoms with E-state index in [9.17, 15) is 0 Å². The predicted molar refractivity (Wildman–Crippen MR) is 198 cm³/mol. The smallest absolute Gasteiger partial charge is 0.0519 e. The third-order valence-electron chi connectivity index (χ3n) is 7.39. The zero-order valence-corrected chi connectivity index (χ0v) is 26.0. The van der Waals surface area contributed by atoms with Crippen molar-refractivity contribution in [2.24, 2.45) is 0 Å². The van der Waals surface area contributed by atoms with Gasteiger partial charge in [-0.05, 0) is 71.5 Å². The van der Waals surface area contributed by atoms with Crippen LogP contribution in [-0.4, -0.2) is 0 Å². The molecule has 45 heavy (non-hydrogen) atoms. The molecule has 0 N–H and O–H groups in total. The Morgan fingerprint density at radius 3 is 1.02 bits per heavy atom. The van der Waals surface area contributed by atoms with Crippen LogP contribution in [0.25, 0.3) is 24.3 Å². The lowest BCUT2D eigenvalue weighted by atomic mass is 10.0. The first-order valence-electron chi connectivity index (χ1n) is 15.4. The van der Waals surface area contributed by atoms with Crippen molar-refractivity contribution in [2.75, 3.05) is 4.90 Å². The van der Waals surface area contributed by atoms with Gasteiger partial charge >= 0.3 is 0 Å². The molecule has 5 rings (SSSR count). The summed E-state index contributed by atoms with van der Waals surface area (Å²) in [5, 5.41) is 0. The van der Waals surface area contributed by atoms with Crippen LogP contribution in [0, 0.1) is 13.8 Å². The van der Waals surface area contributed by atoms with E-state index in [0.717, 1.165) is 22.5 Å². The van der Waals surface area contributed by atoms with E-state index < -0.39 is 0 Å². The first-order chi connectivity index (χ1) is 22.2. The Bertz CT molecular complexity index is 1680. The fourth-order valence-corrected chi connectivity index (χ4v) is 5.09. The summed E-state index contributed by atoms with van der Waals surface area (Å²) in [7, 11) is 0. The average Bonchev–Trinajstić information content (AvgIpc) is 3.08. The Morgan fingerprint density at radius 1 is 0.333 bits per heavy atom. The molecule has 0 aliphatic heterocycles. The van der Waals surface area contributed by atoms with Crippen molar-refractivity contribution in [1.82, 2.24) is 0 Å². The second-order valence-corrected chi connectivity index (χ2v) is 10.8. The third kappa shape index (κ3) is 9.16. The van der Waals surface area contributed by atoms with Gasteiger partial charge in [0.2, 0.25) is 0 Å². The SMILES string of the molecule is Cc1cccc(C)c1N(c1ccc(C=CC=CC=Cc2ccccc2)cc1)c1ccc(/C=C/C=CC=Cc2ccccc2)cc1. The van der Waals surface area contributed by atoms with Crippen LogP contribution < -0.4 is 4.90 Å². The Balaban J connectivity index is 1.29. The monoisotopic (exact) mass is 581 g/mol. The number of para-hydroxylation sites is 1. The van der Waals surface area contributed by atoms with Gasteiger partial charge in [0.05, 0.1) is 5.69 Å². The molecule has 0 saturated heterocycles. The van der Waals surface area contributed by atoms with E-state index in [0.29, 0.717) is 0 Å². The molecule has 0 aromatic heterocycles. The zero-order chi connectivity index (χ0) is 31.1. The van der Waals surface area contributed by atoms with Gasteiger partial charge in [0.1, 0.15) is 0 Å². The molecule has 0 aliphatic carbocycles. The molecular weight excluding hydrogens is 542 g/mol. The van der Waals surface area contributed by atoms with Crippen molar-refractivity contribution in [2.45, 2.75) is 13.8 Å². The highest BCUT2D eigenvalue weighted by atomic mass is 15.1. The first kappa shape index (κ1) is 30.8. The maximum absolute atomic E-state index is 2.36. The standard InChI is InChI=1S/C44H39N/c1-36-18-17-19-37(2)44(36)45(42-32-28-40(29-33-42)26-11-5-3-9-20-38-22-13-7-14-23-38)43-34-30-41(31-35-43)27-12-6-4-10-21-39-24-15-8-16-25-39/h3-35H,1-2H3/b5-3?,6-4?,20-9?,21-10?,26-11+,27-12?. The van der Waals surface area contributed by atoms with Crippen molar-refractivity contribution >= 4 is 41.4 Å². The molecule has 1 nitrogen and oxygen atoms in total. The molecule has 0 fully saturated rings. The second-order valence-electron chi connectivity index (χ2n) is 10.8. The summed E-state index contributed by atoms with van der Waals surface area (Å²) in [5.41, 5.74) is 10.7. The van der Waals surface area contributed by atoms with Crippen LogP contribution in [-0.2, 0) is 0 Å². The summed E-state index contributed by atoms with van der Waals surface area (Å²) in [5.74, 6) is 0. The first-order valence-corrected chi connectivity index (χ1v) is 15.4. The van der Waals surface area contributed by atoms with E-state index in [-0.39, 0.29) is 0 Å². The van der Waals surface area contributed by atoms with Crippen molar-refractivity contribution in [1.29, 1.82) is 0 Å². The van der Waals surface area contributed by atoms with Gasteiger partial charge in [-0.25, -0.2) is 0 Å². The van der Waals surface area contributed by atoms with Crippen LogP contribution in [0.4, 0.5) is 17.1 Å². The maximum atomic E-state index is 2.36. The minimum absolute atomic E-state index is 1.13. The average molecular weight is 582 g/mol. The number of hydrogen-bond donors (Lipinski definition) is 0. The highest BCUT2D eigenvalue weighted by Gasteiger charge is 2.16. The zero-order valence-electron chi connectivity index (χ0n) is 26.0. The molecule has 0 saturated carbocycles. The lowest BCUT2D eigenvalue weighted by Crippen LogP contribution is -2.12. The Hall–Kier alpha value is -5.66. The summed E-state index contributed by atoms with van der Waals surface area (Å²) in [4.78, 5) is 2.36. The minimum Gasteiger partial charge on any atom is -0.310 e. The number of hydrogen-bond acceptors (Lipinski definition) is 1. The predicted octanol–water partition coefficient (Wildman–Crippen LogP) is 12.3. The van der Waals surface area contributed by atoms with E-state index in [1.807, 2.05) is 36.4 Å². The van der Waals surface area contributed by atoms with Crippen LogP contribution >= 0.6 is 0 Å². The molecule has 0 heterocycles. The Labute approximate surface area is 268 Å². The molecule has 0 bridgehead atoms. The number of rotatable bonds is 11. The van der Waals surface area contributed by atoms with Gasteiger partial charge in [-0.1, -0.05) is 176 Å². The lowest BCUT2D eigenvalue weighted by Gasteiger charge is -2.29. The van der Waals surface area contributed by atoms with Crippen LogP contribution in [0.15, 0.2) is 176 Å². The highest BCUT2D eigenvalue weighted by Crippen LogP contribution is 2.38. The highest BCUT2D eigenvalue weighted by molar-refractivity contribution is 5.81. The van der Waals surface area contributed by atoms with Crippen molar-refractivity contribution < 1.29 is 0 Å². The van der Waals surface area contributed by atoms with E-state index in [4.69, 9.17) is 0 Å². The van der Waals surface area contributed by atoms with Crippen molar-refractivity contribution in [3.05, 3.63) is 209 Å². The number of aryl methyl sites for hydroxylation is 2. The molecule has 0 radical (unpaired) electrons. The van der Waals surface area contributed by atoms with Gasteiger partial charge in [0.25, 0.3) is 0 Å². The molecule has 0 spiro atoms. The topological polar surface area (TPSA) is 3.24 Å². The largest absolute Gasteiger partial charge is 0.310 e. The molecule has 5 aromatic rings. The van der Waals surface area contributed by atoms with Crippen LogP contribution in [0.3, 0.4) is 0 Å². The normalized spacial score (nSPS) is 12.1. The molecule has 0 unspecified atom stereocenters. The van der Waals surface area contributed by atoms with Crippen LogP contribution in [0.1, 0.15) is 33.4 Å². The molecule has 5 aromatic carbocycles.